The third-order valence-corrected chi connectivity index (χ3v) is 2.67. The van der Waals surface area contributed by atoms with Crippen LogP contribution in [0, 0.1) is 6.92 Å². The quantitative estimate of drug-likeness (QED) is 0.722. The average molecular weight is 177 g/mol. The van der Waals surface area contributed by atoms with Crippen LogP contribution >= 0.6 is 0 Å². The van der Waals surface area contributed by atoms with E-state index in [1.54, 1.807) is 6.07 Å². The van der Waals surface area contributed by atoms with Crippen molar-refractivity contribution < 1.29 is 5.11 Å². The van der Waals surface area contributed by atoms with Crippen molar-refractivity contribution in [3.05, 3.63) is 29.3 Å². The number of nitrogens with two attached hydrogens (primary N) is 1. The van der Waals surface area contributed by atoms with Crippen LogP contribution in [0.2, 0.25) is 0 Å². The number of phenols is 1. The van der Waals surface area contributed by atoms with E-state index in [0.717, 1.165) is 24.8 Å². The highest BCUT2D eigenvalue weighted by Gasteiger charge is 2.38. The number of benzene rings is 1. The predicted octanol–water partition coefficient (Wildman–Crippen LogP) is 1.73. The van der Waals surface area contributed by atoms with E-state index in [1.165, 1.54) is 5.56 Å². The highest BCUT2D eigenvalue weighted by molar-refractivity contribution is 5.37. The third-order valence-electron chi connectivity index (χ3n) is 2.67. The summed E-state index contributed by atoms with van der Waals surface area (Å²) in [7, 11) is 0. The second kappa shape index (κ2) is 2.74. The normalized spacial score (nSPS) is 18.6. The van der Waals surface area contributed by atoms with Crippen LogP contribution in [0.5, 0.6) is 5.75 Å². The minimum atomic E-state index is -0.0225. The van der Waals surface area contributed by atoms with Gasteiger partial charge in [-0.15, -0.1) is 0 Å². The number of hydrogen-bond acceptors (Lipinski definition) is 2. The van der Waals surface area contributed by atoms with Gasteiger partial charge in [0.2, 0.25) is 0 Å². The summed E-state index contributed by atoms with van der Waals surface area (Å²) >= 11 is 0. The second-order valence-electron chi connectivity index (χ2n) is 4.17. The molecule has 1 aromatic carbocycles. The summed E-state index contributed by atoms with van der Waals surface area (Å²) in [5.74, 6) is 0.377. The molecule has 1 aromatic rings. The largest absolute Gasteiger partial charge is 0.508 e. The van der Waals surface area contributed by atoms with E-state index in [4.69, 9.17) is 5.73 Å². The Labute approximate surface area is 78.4 Å². The first kappa shape index (κ1) is 8.57. The number of hydrogen-bond donors (Lipinski definition) is 2. The first-order valence-corrected chi connectivity index (χ1v) is 4.66. The topological polar surface area (TPSA) is 46.2 Å². The number of aryl methyl sites for hydroxylation is 1. The maximum Gasteiger partial charge on any atom is 0.118 e. The predicted molar refractivity (Wildman–Crippen MR) is 52.7 cm³/mol. The van der Waals surface area contributed by atoms with Gasteiger partial charge in [-0.2, -0.15) is 0 Å². The summed E-state index contributed by atoms with van der Waals surface area (Å²) in [6.07, 6.45) is 2.97. The Hall–Kier alpha value is -1.02. The lowest BCUT2D eigenvalue weighted by atomic mass is 10.0. The standard InChI is InChI=1S/C11H15NO/c1-8-2-3-10(13)9(6-8)7-11(12)4-5-11/h2-3,6,13H,4-5,7,12H2,1H3. The Morgan fingerprint density at radius 1 is 1.46 bits per heavy atom. The van der Waals surface area contributed by atoms with Crippen molar-refractivity contribution >= 4 is 0 Å². The van der Waals surface area contributed by atoms with Gasteiger partial charge < -0.3 is 10.8 Å². The van der Waals surface area contributed by atoms with Gasteiger partial charge in [0.1, 0.15) is 5.75 Å². The van der Waals surface area contributed by atoms with Crippen LogP contribution in [0.3, 0.4) is 0 Å². The lowest BCUT2D eigenvalue weighted by Crippen LogP contribution is -2.24. The molecule has 1 saturated carbocycles. The molecular weight excluding hydrogens is 162 g/mol. The SMILES string of the molecule is Cc1ccc(O)c(CC2(N)CC2)c1. The van der Waals surface area contributed by atoms with Gasteiger partial charge in [0.15, 0.2) is 0 Å². The summed E-state index contributed by atoms with van der Waals surface area (Å²) in [5.41, 5.74) is 8.13. The highest BCUT2D eigenvalue weighted by atomic mass is 16.3. The molecule has 2 heteroatoms. The zero-order chi connectivity index (χ0) is 9.47. The molecule has 3 N–H and O–H groups in total. The summed E-state index contributed by atoms with van der Waals surface area (Å²) in [5, 5.41) is 9.57. The van der Waals surface area contributed by atoms with E-state index in [-0.39, 0.29) is 5.54 Å². The van der Waals surface area contributed by atoms with E-state index in [9.17, 15) is 5.11 Å². The molecule has 1 aliphatic carbocycles. The molecule has 0 heterocycles. The molecule has 0 unspecified atom stereocenters. The van der Waals surface area contributed by atoms with E-state index in [1.807, 2.05) is 19.1 Å². The zero-order valence-corrected chi connectivity index (χ0v) is 7.88. The minimum absolute atomic E-state index is 0.0225. The molecule has 2 rings (SSSR count). The maximum atomic E-state index is 9.57. The Bertz CT molecular complexity index is 329. The van der Waals surface area contributed by atoms with E-state index in [0.29, 0.717) is 5.75 Å². The molecule has 1 fully saturated rings. The molecule has 0 atom stereocenters. The molecular formula is C11H15NO. The summed E-state index contributed by atoms with van der Waals surface area (Å²) < 4.78 is 0. The molecule has 0 aliphatic heterocycles. The molecule has 70 valence electrons. The minimum Gasteiger partial charge on any atom is -0.508 e. The van der Waals surface area contributed by atoms with Crippen LogP contribution in [0.1, 0.15) is 24.0 Å². The lowest BCUT2D eigenvalue weighted by Gasteiger charge is -2.10. The van der Waals surface area contributed by atoms with Crippen LogP contribution in [0.4, 0.5) is 0 Å². The van der Waals surface area contributed by atoms with Gasteiger partial charge in [-0.05, 0) is 37.8 Å². The van der Waals surface area contributed by atoms with Crippen LogP contribution in [-0.4, -0.2) is 10.6 Å². The van der Waals surface area contributed by atoms with Gasteiger partial charge in [0, 0.05) is 5.54 Å². The van der Waals surface area contributed by atoms with E-state index >= 15 is 0 Å². The first-order chi connectivity index (χ1) is 6.09. The Kier molecular flexibility index (Phi) is 1.81. The molecule has 2 nitrogen and oxygen atoms in total. The van der Waals surface area contributed by atoms with Gasteiger partial charge in [0.25, 0.3) is 0 Å². The zero-order valence-electron chi connectivity index (χ0n) is 7.88. The highest BCUT2D eigenvalue weighted by Crippen LogP contribution is 2.37. The van der Waals surface area contributed by atoms with Gasteiger partial charge in [-0.3, -0.25) is 0 Å². The average Bonchev–Trinajstić information content (AvgIpc) is 2.76. The molecule has 0 spiro atoms. The molecule has 1 aliphatic rings. The third kappa shape index (κ3) is 1.83. The molecule has 0 aromatic heterocycles. The summed E-state index contributed by atoms with van der Waals surface area (Å²) in [6, 6.07) is 5.67. The van der Waals surface area contributed by atoms with Crippen molar-refractivity contribution in [2.75, 3.05) is 0 Å². The summed E-state index contributed by atoms with van der Waals surface area (Å²) in [6.45, 7) is 2.03. The fraction of sp³-hybridized carbons (Fsp3) is 0.455. The van der Waals surface area contributed by atoms with Gasteiger partial charge in [-0.25, -0.2) is 0 Å². The van der Waals surface area contributed by atoms with Crippen molar-refractivity contribution in [3.63, 3.8) is 0 Å². The Balaban J connectivity index is 2.23. The van der Waals surface area contributed by atoms with Crippen LogP contribution in [0.15, 0.2) is 18.2 Å². The van der Waals surface area contributed by atoms with Crippen molar-refractivity contribution in [1.82, 2.24) is 0 Å². The van der Waals surface area contributed by atoms with Crippen LogP contribution in [-0.2, 0) is 6.42 Å². The molecule has 0 saturated heterocycles. The number of phenolic OH excluding ortho intramolecular Hbond substituents is 1. The molecule has 0 amide bonds. The van der Waals surface area contributed by atoms with E-state index < -0.39 is 0 Å². The van der Waals surface area contributed by atoms with Crippen molar-refractivity contribution in [2.45, 2.75) is 31.7 Å². The summed E-state index contributed by atoms with van der Waals surface area (Å²) in [4.78, 5) is 0. The van der Waals surface area contributed by atoms with Gasteiger partial charge in [-0.1, -0.05) is 17.7 Å². The maximum absolute atomic E-state index is 9.57. The van der Waals surface area contributed by atoms with Crippen molar-refractivity contribution in [1.29, 1.82) is 0 Å². The van der Waals surface area contributed by atoms with Crippen LogP contribution in [0.25, 0.3) is 0 Å². The Morgan fingerprint density at radius 2 is 2.15 bits per heavy atom. The molecule has 0 bridgehead atoms. The van der Waals surface area contributed by atoms with E-state index in [2.05, 4.69) is 0 Å². The van der Waals surface area contributed by atoms with Gasteiger partial charge >= 0.3 is 0 Å². The lowest BCUT2D eigenvalue weighted by molar-refractivity contribution is 0.463. The Morgan fingerprint density at radius 3 is 2.77 bits per heavy atom. The number of aromatic hydroxyl groups is 1. The molecule has 0 radical (unpaired) electrons. The van der Waals surface area contributed by atoms with Crippen LogP contribution < -0.4 is 5.73 Å². The smallest absolute Gasteiger partial charge is 0.118 e. The second-order valence-corrected chi connectivity index (χ2v) is 4.17. The fourth-order valence-corrected chi connectivity index (χ4v) is 1.57. The first-order valence-electron chi connectivity index (χ1n) is 4.66. The van der Waals surface area contributed by atoms with Crippen molar-refractivity contribution in [2.24, 2.45) is 5.73 Å². The number of rotatable bonds is 2. The fourth-order valence-electron chi connectivity index (χ4n) is 1.57. The van der Waals surface area contributed by atoms with Crippen molar-refractivity contribution in [3.8, 4) is 5.75 Å². The monoisotopic (exact) mass is 177 g/mol. The van der Waals surface area contributed by atoms with Gasteiger partial charge in [0.05, 0.1) is 0 Å². The molecule has 13 heavy (non-hydrogen) atoms.